The Hall–Kier alpha value is -1.53. The van der Waals surface area contributed by atoms with Gasteiger partial charge in [-0.15, -0.1) is 0 Å². The first-order valence-corrected chi connectivity index (χ1v) is 5.38. The summed E-state index contributed by atoms with van der Waals surface area (Å²) in [6, 6.07) is 6.98. The lowest BCUT2D eigenvalue weighted by Gasteiger charge is -2.17. The quantitative estimate of drug-likeness (QED) is 0.713. The van der Waals surface area contributed by atoms with Crippen LogP contribution in [0.4, 0.5) is 5.69 Å². The number of sulfonamides is 1. The molecule has 14 heavy (non-hydrogen) atoms. The van der Waals surface area contributed by atoms with Gasteiger partial charge in [-0.05, 0) is 12.1 Å². The normalized spacial score (nSPS) is 14.8. The van der Waals surface area contributed by atoms with Crippen molar-refractivity contribution in [2.24, 2.45) is 5.14 Å². The van der Waals surface area contributed by atoms with Crippen LogP contribution in [0.25, 0.3) is 0 Å². The highest BCUT2D eigenvalue weighted by atomic mass is 32.2. The molecule has 5 nitrogen and oxygen atoms in total. The Balaban J connectivity index is 2.39. The van der Waals surface area contributed by atoms with Gasteiger partial charge >= 0.3 is 0 Å². The fourth-order valence-electron chi connectivity index (χ4n) is 1.09. The fraction of sp³-hybridized carbons (Fsp3) is 0. The first kappa shape index (κ1) is 9.04. The minimum Gasteiger partial charge on any atom is -0.460 e. The maximum absolute atomic E-state index is 11.0. The van der Waals surface area contributed by atoms with Crippen molar-refractivity contribution in [3.63, 3.8) is 0 Å². The van der Waals surface area contributed by atoms with E-state index < -0.39 is 10.0 Å². The van der Waals surface area contributed by atoms with Crippen molar-refractivity contribution < 1.29 is 13.2 Å². The summed E-state index contributed by atoms with van der Waals surface area (Å²) in [7, 11) is -3.74. The molecule has 0 atom stereocenters. The molecule has 1 aliphatic rings. The second-order valence-corrected chi connectivity index (χ2v) is 4.30. The zero-order valence-electron chi connectivity index (χ0n) is 7.10. The Kier molecular flexibility index (Phi) is 1.94. The third kappa shape index (κ3) is 1.57. The predicted octanol–water partition coefficient (Wildman–Crippen LogP) is 0.578. The Labute approximate surface area is 81.2 Å². The predicted molar refractivity (Wildman–Crippen MR) is 51.9 cm³/mol. The number of para-hydroxylation sites is 2. The average molecular weight is 212 g/mol. The monoisotopic (exact) mass is 212 g/mol. The lowest BCUT2D eigenvalue weighted by Crippen LogP contribution is -2.23. The van der Waals surface area contributed by atoms with Crippen molar-refractivity contribution in [3.8, 4) is 5.75 Å². The topological polar surface area (TPSA) is 81.4 Å². The highest BCUT2D eigenvalue weighted by molar-refractivity contribution is 7.93. The van der Waals surface area contributed by atoms with Crippen LogP contribution in [0.3, 0.4) is 0 Å². The molecule has 3 N–H and O–H groups in total. The van der Waals surface area contributed by atoms with Crippen LogP contribution >= 0.6 is 0 Å². The third-order valence-corrected chi connectivity index (χ3v) is 2.56. The van der Waals surface area contributed by atoms with E-state index in [-0.39, 0.29) is 5.03 Å². The molecule has 6 heteroatoms. The van der Waals surface area contributed by atoms with E-state index in [9.17, 15) is 8.42 Å². The van der Waals surface area contributed by atoms with Crippen LogP contribution in [0.2, 0.25) is 0 Å². The summed E-state index contributed by atoms with van der Waals surface area (Å²) < 4.78 is 27.0. The van der Waals surface area contributed by atoms with Gasteiger partial charge in [0.25, 0.3) is 10.0 Å². The SMILES string of the molecule is NS(=O)(=O)C1=COc2ccccc2N1. The van der Waals surface area contributed by atoms with Gasteiger partial charge in [-0.25, -0.2) is 13.6 Å². The van der Waals surface area contributed by atoms with Crippen LogP contribution in [0.1, 0.15) is 0 Å². The summed E-state index contributed by atoms with van der Waals surface area (Å²) >= 11 is 0. The molecule has 0 radical (unpaired) electrons. The summed E-state index contributed by atoms with van der Waals surface area (Å²) in [5.74, 6) is 0.569. The highest BCUT2D eigenvalue weighted by Crippen LogP contribution is 2.29. The van der Waals surface area contributed by atoms with Gasteiger partial charge in [-0.3, -0.25) is 0 Å². The minimum atomic E-state index is -3.74. The number of rotatable bonds is 1. The van der Waals surface area contributed by atoms with Gasteiger partial charge in [-0.1, -0.05) is 12.1 Å². The van der Waals surface area contributed by atoms with E-state index in [0.29, 0.717) is 11.4 Å². The van der Waals surface area contributed by atoms with Gasteiger partial charge in [0.2, 0.25) is 0 Å². The lowest BCUT2D eigenvalue weighted by molar-refractivity contribution is 0.473. The number of ether oxygens (including phenoxy) is 1. The van der Waals surface area contributed by atoms with E-state index in [1.165, 1.54) is 0 Å². The first-order valence-electron chi connectivity index (χ1n) is 3.83. The molecule has 0 aromatic heterocycles. The van der Waals surface area contributed by atoms with Crippen LogP contribution in [-0.2, 0) is 10.0 Å². The van der Waals surface area contributed by atoms with Crippen molar-refractivity contribution in [1.82, 2.24) is 0 Å². The van der Waals surface area contributed by atoms with Gasteiger partial charge in [0.1, 0.15) is 12.0 Å². The second kappa shape index (κ2) is 3.00. The number of hydrogen-bond acceptors (Lipinski definition) is 4. The van der Waals surface area contributed by atoms with Crippen molar-refractivity contribution in [1.29, 1.82) is 0 Å². The van der Waals surface area contributed by atoms with E-state index >= 15 is 0 Å². The number of benzene rings is 1. The molecule has 74 valence electrons. The first-order chi connectivity index (χ1) is 6.57. The largest absolute Gasteiger partial charge is 0.460 e. The number of hydrogen-bond donors (Lipinski definition) is 2. The molecule has 0 saturated carbocycles. The van der Waals surface area contributed by atoms with Crippen LogP contribution < -0.4 is 15.2 Å². The molecular formula is C8H8N2O3S. The maximum atomic E-state index is 11.0. The number of anilines is 1. The summed E-state index contributed by atoms with van der Waals surface area (Å²) in [5, 5.41) is 7.45. The number of nitrogens with one attached hydrogen (secondary N) is 1. The Morgan fingerprint density at radius 3 is 2.71 bits per heavy atom. The van der Waals surface area contributed by atoms with Crippen molar-refractivity contribution in [2.45, 2.75) is 0 Å². The van der Waals surface area contributed by atoms with Gasteiger partial charge in [0.15, 0.2) is 5.03 Å². The average Bonchev–Trinajstić information content (AvgIpc) is 2.16. The molecule has 1 aromatic carbocycles. The van der Waals surface area contributed by atoms with Crippen LogP contribution in [-0.4, -0.2) is 8.42 Å². The van der Waals surface area contributed by atoms with Gasteiger partial charge in [0.05, 0.1) is 5.69 Å². The molecule has 0 saturated heterocycles. The highest BCUT2D eigenvalue weighted by Gasteiger charge is 2.18. The van der Waals surface area contributed by atoms with Crippen molar-refractivity contribution in [3.05, 3.63) is 35.6 Å². The third-order valence-electron chi connectivity index (χ3n) is 1.74. The standard InChI is InChI=1S/C8H8N2O3S/c9-14(11,12)8-5-13-7-4-2-1-3-6(7)10-8/h1-5,10H,(H2,9,11,12). The fourth-order valence-corrected chi connectivity index (χ4v) is 1.52. The summed E-state index contributed by atoms with van der Waals surface area (Å²) in [5.41, 5.74) is 0.582. The Morgan fingerprint density at radius 1 is 1.29 bits per heavy atom. The molecule has 0 spiro atoms. The smallest absolute Gasteiger partial charge is 0.256 e. The zero-order valence-corrected chi connectivity index (χ0v) is 7.91. The van der Waals surface area contributed by atoms with Gasteiger partial charge < -0.3 is 10.1 Å². The molecule has 0 fully saturated rings. The molecular weight excluding hydrogens is 204 g/mol. The van der Waals surface area contributed by atoms with Gasteiger partial charge in [0, 0.05) is 0 Å². The molecule has 0 bridgehead atoms. The minimum absolute atomic E-state index is 0.142. The maximum Gasteiger partial charge on any atom is 0.256 e. The Bertz CT molecular complexity index is 493. The molecule has 2 rings (SSSR count). The molecule has 1 aromatic rings. The molecule has 1 aliphatic heterocycles. The Morgan fingerprint density at radius 2 is 2.00 bits per heavy atom. The molecule has 0 unspecified atom stereocenters. The van der Waals surface area contributed by atoms with Gasteiger partial charge in [-0.2, -0.15) is 0 Å². The number of primary sulfonamides is 1. The summed E-state index contributed by atoms with van der Waals surface area (Å²) in [6.07, 6.45) is 1.08. The molecule has 1 heterocycles. The van der Waals surface area contributed by atoms with Crippen molar-refractivity contribution >= 4 is 15.7 Å². The molecule has 0 aliphatic carbocycles. The van der Waals surface area contributed by atoms with E-state index in [4.69, 9.17) is 9.88 Å². The second-order valence-electron chi connectivity index (χ2n) is 2.77. The van der Waals surface area contributed by atoms with E-state index in [1.54, 1.807) is 24.3 Å². The van der Waals surface area contributed by atoms with E-state index in [2.05, 4.69) is 5.32 Å². The molecule has 0 amide bonds. The summed E-state index contributed by atoms with van der Waals surface area (Å²) in [4.78, 5) is 0. The number of nitrogens with two attached hydrogens (primary N) is 1. The zero-order chi connectivity index (χ0) is 10.2. The van der Waals surface area contributed by atoms with Crippen LogP contribution in [0, 0.1) is 0 Å². The van der Waals surface area contributed by atoms with E-state index in [0.717, 1.165) is 6.26 Å². The number of fused-ring (bicyclic) bond motifs is 1. The lowest BCUT2D eigenvalue weighted by atomic mass is 10.3. The van der Waals surface area contributed by atoms with E-state index in [1.807, 2.05) is 0 Å². The summed E-state index contributed by atoms with van der Waals surface area (Å²) in [6.45, 7) is 0. The van der Waals surface area contributed by atoms with Crippen molar-refractivity contribution in [2.75, 3.05) is 5.32 Å². The van der Waals surface area contributed by atoms with Crippen LogP contribution in [0.5, 0.6) is 5.75 Å². The van der Waals surface area contributed by atoms with Crippen LogP contribution in [0.15, 0.2) is 35.6 Å².